The van der Waals surface area contributed by atoms with Gasteiger partial charge in [-0.05, 0) is 50.4 Å². The first-order valence-corrected chi connectivity index (χ1v) is 7.20. The molecule has 1 atom stereocenters. The zero-order chi connectivity index (χ0) is 13.7. The summed E-state index contributed by atoms with van der Waals surface area (Å²) in [4.78, 5) is 0. The SMILES string of the molecule is CNCc1cc(C)c(OCCC2CCCO2)c(C)c1. The van der Waals surface area contributed by atoms with Crippen LogP contribution >= 0.6 is 0 Å². The van der Waals surface area contributed by atoms with E-state index in [0.29, 0.717) is 6.10 Å². The number of hydrogen-bond donors (Lipinski definition) is 1. The molecule has 1 aliphatic heterocycles. The van der Waals surface area contributed by atoms with E-state index in [-0.39, 0.29) is 0 Å². The number of hydrogen-bond acceptors (Lipinski definition) is 3. The molecule has 1 aromatic rings. The third-order valence-corrected chi connectivity index (χ3v) is 3.61. The molecule has 19 heavy (non-hydrogen) atoms. The van der Waals surface area contributed by atoms with E-state index in [1.54, 1.807) is 0 Å². The van der Waals surface area contributed by atoms with Crippen molar-refractivity contribution in [2.75, 3.05) is 20.3 Å². The Morgan fingerprint density at radius 2 is 2.05 bits per heavy atom. The van der Waals surface area contributed by atoms with Crippen LogP contribution < -0.4 is 10.1 Å². The largest absolute Gasteiger partial charge is 0.493 e. The summed E-state index contributed by atoms with van der Waals surface area (Å²) in [5.74, 6) is 1.04. The quantitative estimate of drug-likeness (QED) is 0.856. The van der Waals surface area contributed by atoms with E-state index in [4.69, 9.17) is 9.47 Å². The van der Waals surface area contributed by atoms with Gasteiger partial charge in [0.1, 0.15) is 5.75 Å². The fourth-order valence-corrected chi connectivity index (χ4v) is 2.74. The average molecular weight is 263 g/mol. The number of nitrogens with one attached hydrogen (secondary N) is 1. The second-order valence-electron chi connectivity index (χ2n) is 5.36. The van der Waals surface area contributed by atoms with Crippen LogP contribution in [0.5, 0.6) is 5.75 Å². The maximum atomic E-state index is 5.96. The molecule has 0 saturated carbocycles. The molecule has 106 valence electrons. The number of benzene rings is 1. The summed E-state index contributed by atoms with van der Waals surface area (Å²) in [6.07, 6.45) is 3.78. The van der Waals surface area contributed by atoms with Crippen LogP contribution in [0.1, 0.15) is 36.0 Å². The van der Waals surface area contributed by atoms with E-state index in [2.05, 4.69) is 31.3 Å². The summed E-state index contributed by atoms with van der Waals surface area (Å²) in [5.41, 5.74) is 3.75. The first-order chi connectivity index (χ1) is 9.20. The normalized spacial score (nSPS) is 18.8. The van der Waals surface area contributed by atoms with Crippen LogP contribution in [0.2, 0.25) is 0 Å². The lowest BCUT2D eigenvalue weighted by Crippen LogP contribution is -2.12. The Morgan fingerprint density at radius 3 is 2.63 bits per heavy atom. The van der Waals surface area contributed by atoms with Crippen LogP contribution in [-0.2, 0) is 11.3 Å². The fourth-order valence-electron chi connectivity index (χ4n) is 2.74. The highest BCUT2D eigenvalue weighted by molar-refractivity contribution is 5.43. The molecule has 1 aromatic carbocycles. The minimum absolute atomic E-state index is 0.407. The Bertz CT molecular complexity index is 388. The van der Waals surface area contributed by atoms with Gasteiger partial charge in [0.15, 0.2) is 0 Å². The standard InChI is InChI=1S/C16H25NO2/c1-12-9-14(11-17-3)10-13(2)16(12)19-8-6-15-5-4-7-18-15/h9-10,15,17H,4-8,11H2,1-3H3. The topological polar surface area (TPSA) is 30.5 Å². The van der Waals surface area contributed by atoms with E-state index >= 15 is 0 Å². The molecule has 0 amide bonds. The molecule has 3 heteroatoms. The van der Waals surface area contributed by atoms with Gasteiger partial charge >= 0.3 is 0 Å². The Labute approximate surface area is 116 Å². The van der Waals surface area contributed by atoms with E-state index < -0.39 is 0 Å². The number of rotatable bonds is 6. The van der Waals surface area contributed by atoms with Crippen molar-refractivity contribution in [3.8, 4) is 5.75 Å². The summed E-state index contributed by atoms with van der Waals surface area (Å²) in [6, 6.07) is 4.40. The lowest BCUT2D eigenvalue weighted by Gasteiger charge is -2.15. The van der Waals surface area contributed by atoms with Gasteiger partial charge in [-0.1, -0.05) is 12.1 Å². The molecule has 2 rings (SSSR count). The van der Waals surface area contributed by atoms with Crippen molar-refractivity contribution in [2.24, 2.45) is 0 Å². The van der Waals surface area contributed by atoms with Gasteiger partial charge in [0.05, 0.1) is 12.7 Å². The summed E-state index contributed by atoms with van der Waals surface area (Å²) < 4.78 is 11.6. The van der Waals surface area contributed by atoms with Gasteiger partial charge < -0.3 is 14.8 Å². The molecule has 1 saturated heterocycles. The fraction of sp³-hybridized carbons (Fsp3) is 0.625. The Morgan fingerprint density at radius 1 is 1.32 bits per heavy atom. The molecule has 1 N–H and O–H groups in total. The molecule has 0 aromatic heterocycles. The van der Waals surface area contributed by atoms with Crippen LogP contribution in [0.15, 0.2) is 12.1 Å². The smallest absolute Gasteiger partial charge is 0.125 e. The average Bonchev–Trinajstić information content (AvgIpc) is 2.86. The number of ether oxygens (including phenoxy) is 2. The van der Waals surface area contributed by atoms with Crippen LogP contribution in [0.3, 0.4) is 0 Å². The zero-order valence-corrected chi connectivity index (χ0v) is 12.3. The molecule has 0 spiro atoms. The lowest BCUT2D eigenvalue weighted by atomic mass is 10.1. The van der Waals surface area contributed by atoms with Crippen LogP contribution in [0.4, 0.5) is 0 Å². The summed E-state index contributed by atoms with van der Waals surface area (Å²) >= 11 is 0. The monoisotopic (exact) mass is 263 g/mol. The van der Waals surface area contributed by atoms with E-state index in [1.165, 1.54) is 29.5 Å². The minimum atomic E-state index is 0.407. The van der Waals surface area contributed by atoms with Crippen LogP contribution in [0.25, 0.3) is 0 Å². The second-order valence-corrected chi connectivity index (χ2v) is 5.36. The maximum Gasteiger partial charge on any atom is 0.125 e. The van der Waals surface area contributed by atoms with Crippen molar-refractivity contribution in [2.45, 2.75) is 45.8 Å². The molecule has 3 nitrogen and oxygen atoms in total. The van der Waals surface area contributed by atoms with Crippen molar-refractivity contribution >= 4 is 0 Å². The summed E-state index contributed by atoms with van der Waals surface area (Å²) in [5, 5.41) is 3.18. The molecule has 0 radical (unpaired) electrons. The summed E-state index contributed by atoms with van der Waals surface area (Å²) in [7, 11) is 1.97. The third kappa shape index (κ3) is 3.95. The molecule has 1 unspecified atom stereocenters. The minimum Gasteiger partial charge on any atom is -0.493 e. The molecular formula is C16H25NO2. The first kappa shape index (κ1) is 14.4. The second kappa shape index (κ2) is 6.92. The molecule has 1 heterocycles. The highest BCUT2D eigenvalue weighted by Crippen LogP contribution is 2.25. The van der Waals surface area contributed by atoms with Gasteiger partial charge in [0, 0.05) is 19.6 Å². The predicted molar refractivity (Wildman–Crippen MR) is 77.8 cm³/mol. The highest BCUT2D eigenvalue weighted by Gasteiger charge is 2.15. The lowest BCUT2D eigenvalue weighted by molar-refractivity contribution is 0.0901. The van der Waals surface area contributed by atoms with Gasteiger partial charge in [0.2, 0.25) is 0 Å². The van der Waals surface area contributed by atoms with Crippen molar-refractivity contribution < 1.29 is 9.47 Å². The highest BCUT2D eigenvalue weighted by atomic mass is 16.5. The molecule has 0 aliphatic carbocycles. The Balaban J connectivity index is 1.91. The van der Waals surface area contributed by atoms with Crippen molar-refractivity contribution in [1.82, 2.24) is 5.32 Å². The van der Waals surface area contributed by atoms with E-state index in [1.807, 2.05) is 7.05 Å². The van der Waals surface area contributed by atoms with Gasteiger partial charge in [-0.3, -0.25) is 0 Å². The van der Waals surface area contributed by atoms with Crippen LogP contribution in [-0.4, -0.2) is 26.4 Å². The molecule has 0 bridgehead atoms. The van der Waals surface area contributed by atoms with Gasteiger partial charge in [-0.25, -0.2) is 0 Å². The van der Waals surface area contributed by atoms with E-state index in [0.717, 1.165) is 31.9 Å². The molecule has 1 aliphatic rings. The predicted octanol–water partition coefficient (Wildman–Crippen LogP) is 2.97. The maximum absolute atomic E-state index is 5.96. The molecular weight excluding hydrogens is 238 g/mol. The van der Waals surface area contributed by atoms with E-state index in [9.17, 15) is 0 Å². The third-order valence-electron chi connectivity index (χ3n) is 3.61. The van der Waals surface area contributed by atoms with Gasteiger partial charge in [-0.2, -0.15) is 0 Å². The van der Waals surface area contributed by atoms with Crippen molar-refractivity contribution in [3.05, 3.63) is 28.8 Å². The van der Waals surface area contributed by atoms with Gasteiger partial charge in [0.25, 0.3) is 0 Å². The van der Waals surface area contributed by atoms with Gasteiger partial charge in [-0.15, -0.1) is 0 Å². The van der Waals surface area contributed by atoms with Crippen molar-refractivity contribution in [1.29, 1.82) is 0 Å². The first-order valence-electron chi connectivity index (χ1n) is 7.20. The zero-order valence-electron chi connectivity index (χ0n) is 12.3. The Hall–Kier alpha value is -1.06. The molecule has 1 fully saturated rings. The number of aryl methyl sites for hydroxylation is 2. The van der Waals surface area contributed by atoms with Crippen LogP contribution in [0, 0.1) is 13.8 Å². The Kier molecular flexibility index (Phi) is 5.23. The van der Waals surface area contributed by atoms with Crippen molar-refractivity contribution in [3.63, 3.8) is 0 Å². The summed E-state index contributed by atoms with van der Waals surface area (Å²) in [6.45, 7) is 6.80.